The Labute approximate surface area is 181 Å². The second kappa shape index (κ2) is 8.52. The lowest BCUT2D eigenvalue weighted by Crippen LogP contribution is -2.48. The van der Waals surface area contributed by atoms with Crippen molar-refractivity contribution in [2.45, 2.75) is 30.0 Å². The van der Waals surface area contributed by atoms with Crippen molar-refractivity contribution in [2.75, 3.05) is 42.9 Å². The number of alkyl halides is 3. The molecule has 0 aromatic carbocycles. The molecule has 3 heterocycles. The number of sulfonamides is 1. The molecule has 0 unspecified atom stereocenters. The average molecular weight is 478 g/mol. The Balaban J connectivity index is 1.34. The van der Waals surface area contributed by atoms with Gasteiger partial charge in [-0.05, 0) is 25.0 Å². The number of nitrogens with one attached hydrogen (secondary N) is 1. The summed E-state index contributed by atoms with van der Waals surface area (Å²) >= 11 is 0.896. The lowest BCUT2D eigenvalue weighted by Gasteiger charge is -2.33. The number of rotatable bonds is 6. The summed E-state index contributed by atoms with van der Waals surface area (Å²) in [6, 6.07) is 3.06. The summed E-state index contributed by atoms with van der Waals surface area (Å²) in [5.41, 5.74) is -0.936. The van der Waals surface area contributed by atoms with Crippen molar-refractivity contribution in [1.82, 2.24) is 14.3 Å². The van der Waals surface area contributed by atoms with Crippen LogP contribution in [0.1, 0.15) is 18.5 Å². The molecule has 170 valence electrons. The first kappa shape index (κ1) is 22.2. The van der Waals surface area contributed by atoms with Crippen molar-refractivity contribution >= 4 is 32.3 Å². The monoisotopic (exact) mass is 477 g/mol. The number of anilines is 2. The van der Waals surface area contributed by atoms with Crippen LogP contribution in [0.5, 0.6) is 0 Å². The molecule has 4 rings (SSSR count). The summed E-state index contributed by atoms with van der Waals surface area (Å²) in [6.45, 7) is 1.36. The minimum Gasteiger partial charge on any atom is -0.393 e. The molecule has 1 aliphatic heterocycles. The summed E-state index contributed by atoms with van der Waals surface area (Å²) in [5.74, 6) is 0.721. The number of hydrogen-bond donors (Lipinski definition) is 2. The number of hydrogen-bond acceptors (Lipinski definition) is 8. The highest BCUT2D eigenvalue weighted by Crippen LogP contribution is 2.33. The topological polar surface area (TPSA) is 98.7 Å². The van der Waals surface area contributed by atoms with E-state index >= 15 is 0 Å². The molecule has 1 saturated heterocycles. The van der Waals surface area contributed by atoms with Crippen LogP contribution in [0, 0.1) is 5.92 Å². The van der Waals surface area contributed by atoms with Gasteiger partial charge in [-0.1, -0.05) is 0 Å². The number of nitrogens with zero attached hydrogens (tertiary/aromatic N) is 4. The van der Waals surface area contributed by atoms with E-state index in [1.165, 1.54) is 16.6 Å². The van der Waals surface area contributed by atoms with E-state index in [1.807, 2.05) is 0 Å². The van der Waals surface area contributed by atoms with Gasteiger partial charge in [-0.15, -0.1) is 11.3 Å². The van der Waals surface area contributed by atoms with E-state index in [9.17, 15) is 26.7 Å². The summed E-state index contributed by atoms with van der Waals surface area (Å²) < 4.78 is 65.3. The van der Waals surface area contributed by atoms with E-state index in [0.717, 1.165) is 29.6 Å². The second-order valence-electron chi connectivity index (χ2n) is 7.57. The Morgan fingerprint density at radius 3 is 2.45 bits per heavy atom. The molecule has 1 aliphatic carbocycles. The molecule has 0 spiro atoms. The average Bonchev–Trinajstić information content (AvgIpc) is 3.24. The first-order valence-corrected chi connectivity index (χ1v) is 12.1. The van der Waals surface area contributed by atoms with Crippen LogP contribution in [0.15, 0.2) is 28.6 Å². The third-order valence-electron chi connectivity index (χ3n) is 5.59. The zero-order valence-electron chi connectivity index (χ0n) is 16.4. The predicted octanol–water partition coefficient (Wildman–Crippen LogP) is 2.25. The third kappa shape index (κ3) is 4.78. The van der Waals surface area contributed by atoms with Crippen molar-refractivity contribution in [1.29, 1.82) is 0 Å². The Hall–Kier alpha value is -1.96. The molecule has 2 atom stereocenters. The molecule has 31 heavy (non-hydrogen) atoms. The molecule has 0 bridgehead atoms. The molecule has 0 radical (unpaired) electrons. The minimum atomic E-state index is -4.49. The maximum Gasteiger partial charge on any atom is 0.434 e. The Morgan fingerprint density at radius 2 is 1.94 bits per heavy atom. The Morgan fingerprint density at radius 1 is 1.19 bits per heavy atom. The van der Waals surface area contributed by atoms with Crippen molar-refractivity contribution < 1.29 is 26.7 Å². The van der Waals surface area contributed by atoms with Gasteiger partial charge < -0.3 is 15.3 Å². The van der Waals surface area contributed by atoms with Crippen LogP contribution in [0.25, 0.3) is 0 Å². The maximum absolute atomic E-state index is 12.9. The molecule has 2 aromatic heterocycles. The fourth-order valence-electron chi connectivity index (χ4n) is 3.47. The number of thiazole rings is 1. The zero-order chi connectivity index (χ0) is 22.2. The molecule has 8 nitrogen and oxygen atoms in total. The van der Waals surface area contributed by atoms with Crippen LogP contribution in [0.4, 0.5) is 24.1 Å². The minimum absolute atomic E-state index is 0.0591. The van der Waals surface area contributed by atoms with E-state index < -0.39 is 21.9 Å². The maximum atomic E-state index is 12.9. The highest BCUT2D eigenvalue weighted by Gasteiger charge is 2.35. The number of pyridine rings is 1. The lowest BCUT2D eigenvalue weighted by atomic mass is 9.82. The first-order chi connectivity index (χ1) is 14.6. The predicted molar refractivity (Wildman–Crippen MR) is 110 cm³/mol. The van der Waals surface area contributed by atoms with Gasteiger partial charge in [-0.25, -0.2) is 18.4 Å². The van der Waals surface area contributed by atoms with Gasteiger partial charge in [0.15, 0.2) is 10.8 Å². The smallest absolute Gasteiger partial charge is 0.393 e. The molecule has 0 amide bonds. The zero-order valence-corrected chi connectivity index (χ0v) is 18.0. The van der Waals surface area contributed by atoms with Gasteiger partial charge in [-0.2, -0.15) is 17.5 Å². The van der Waals surface area contributed by atoms with E-state index in [4.69, 9.17) is 0 Å². The lowest BCUT2D eigenvalue weighted by molar-refractivity contribution is -0.140. The fraction of sp³-hybridized carbons (Fsp3) is 0.556. The Kier molecular flexibility index (Phi) is 6.12. The van der Waals surface area contributed by atoms with E-state index in [-0.39, 0.29) is 48.2 Å². The molecule has 1 saturated carbocycles. The van der Waals surface area contributed by atoms with Gasteiger partial charge in [0.2, 0.25) is 10.0 Å². The van der Waals surface area contributed by atoms with Crippen LogP contribution < -0.4 is 10.2 Å². The highest BCUT2D eigenvalue weighted by molar-refractivity contribution is 7.89. The molecule has 2 aliphatic rings. The molecular weight excluding hydrogens is 455 g/mol. The SMILES string of the molecule is O=S(=O)(c1ccc(NC[C@@H]2CC[C@H]2O)nc1)N1CCN(c2nc(C(F)(F)F)cs2)CC1. The van der Waals surface area contributed by atoms with Gasteiger partial charge in [0, 0.05) is 50.2 Å². The Bertz CT molecular complexity index is 1010. The van der Waals surface area contributed by atoms with Gasteiger partial charge in [0.25, 0.3) is 0 Å². The van der Waals surface area contributed by atoms with Gasteiger partial charge >= 0.3 is 6.18 Å². The quantitative estimate of drug-likeness (QED) is 0.659. The van der Waals surface area contributed by atoms with E-state index in [2.05, 4.69) is 15.3 Å². The molecule has 2 N–H and O–H groups in total. The van der Waals surface area contributed by atoms with Crippen LogP contribution in [0.2, 0.25) is 0 Å². The molecule has 2 aromatic rings. The van der Waals surface area contributed by atoms with Crippen molar-refractivity contribution in [3.63, 3.8) is 0 Å². The fourth-order valence-corrected chi connectivity index (χ4v) is 5.73. The number of aromatic nitrogens is 2. The standard InChI is InChI=1S/C18H22F3N5O3S2/c19-18(20,21)15-11-30-17(24-15)25-5-7-26(8-6-25)31(28,29)13-2-4-16(23-10-13)22-9-12-1-3-14(12)27/h2,4,10-12,14,27H,1,3,5-9H2,(H,22,23)/t12-,14+/m0/s1. The first-order valence-electron chi connectivity index (χ1n) is 9.80. The summed E-state index contributed by atoms with van der Waals surface area (Å²) in [4.78, 5) is 9.50. The van der Waals surface area contributed by atoms with Crippen LogP contribution in [0.3, 0.4) is 0 Å². The van der Waals surface area contributed by atoms with Crippen LogP contribution in [-0.4, -0.2) is 66.6 Å². The van der Waals surface area contributed by atoms with E-state index in [0.29, 0.717) is 12.4 Å². The summed E-state index contributed by atoms with van der Waals surface area (Å²) in [5, 5.41) is 13.9. The van der Waals surface area contributed by atoms with Crippen LogP contribution >= 0.6 is 11.3 Å². The van der Waals surface area contributed by atoms with Crippen molar-refractivity contribution in [3.8, 4) is 0 Å². The van der Waals surface area contributed by atoms with Crippen LogP contribution in [-0.2, 0) is 16.2 Å². The van der Waals surface area contributed by atoms with Crippen molar-refractivity contribution in [2.24, 2.45) is 5.92 Å². The van der Waals surface area contributed by atoms with Gasteiger partial charge in [0.05, 0.1) is 6.10 Å². The molecule has 2 fully saturated rings. The van der Waals surface area contributed by atoms with E-state index in [1.54, 1.807) is 11.0 Å². The number of halogens is 3. The molecular formula is C18H22F3N5O3S2. The highest BCUT2D eigenvalue weighted by atomic mass is 32.2. The van der Waals surface area contributed by atoms with Gasteiger partial charge in [0.1, 0.15) is 10.7 Å². The number of aliphatic hydroxyl groups excluding tert-OH is 1. The summed E-state index contributed by atoms with van der Waals surface area (Å²) in [7, 11) is -3.76. The second-order valence-corrected chi connectivity index (χ2v) is 10.3. The summed E-state index contributed by atoms with van der Waals surface area (Å²) in [6.07, 6.45) is -1.75. The normalized spacial score (nSPS) is 22.9. The number of piperazine rings is 1. The largest absolute Gasteiger partial charge is 0.434 e. The third-order valence-corrected chi connectivity index (χ3v) is 8.37. The van der Waals surface area contributed by atoms with Gasteiger partial charge in [-0.3, -0.25) is 0 Å². The number of aliphatic hydroxyl groups is 1. The van der Waals surface area contributed by atoms with Crippen molar-refractivity contribution in [3.05, 3.63) is 29.4 Å². The molecule has 13 heteroatoms.